The molecule has 0 aliphatic carbocycles. The third-order valence-corrected chi connectivity index (χ3v) is 5.88. The number of carbonyl (C=O) groups excluding carboxylic acids is 1. The van der Waals surface area contributed by atoms with Crippen LogP contribution in [0.2, 0.25) is 0 Å². The van der Waals surface area contributed by atoms with Crippen molar-refractivity contribution in [1.29, 1.82) is 0 Å². The van der Waals surface area contributed by atoms with Crippen molar-refractivity contribution in [3.8, 4) is 16.9 Å². The molecule has 1 aromatic heterocycles. The number of aromatic nitrogens is 2. The van der Waals surface area contributed by atoms with E-state index in [1.807, 2.05) is 59.4 Å². The molecule has 0 spiro atoms. The lowest BCUT2D eigenvalue weighted by Gasteiger charge is -2.31. The molecule has 0 saturated carbocycles. The molecule has 4 rings (SSSR count). The van der Waals surface area contributed by atoms with E-state index in [9.17, 15) is 4.79 Å². The fraction of sp³-hybridized carbons (Fsp3) is 0.360. The Morgan fingerprint density at radius 1 is 1.19 bits per heavy atom. The summed E-state index contributed by atoms with van der Waals surface area (Å²) in [5, 5.41) is 7.55. The van der Waals surface area contributed by atoms with Crippen LogP contribution >= 0.6 is 0 Å². The van der Waals surface area contributed by atoms with Gasteiger partial charge in [0.2, 0.25) is 5.91 Å². The number of rotatable bonds is 7. The second-order valence-corrected chi connectivity index (χ2v) is 8.04. The lowest BCUT2D eigenvalue weighted by atomic mass is 9.96. The number of ether oxygens (including phenoxy) is 1. The quantitative estimate of drug-likeness (QED) is 0.617. The zero-order valence-corrected chi connectivity index (χ0v) is 18.3. The van der Waals surface area contributed by atoms with Crippen molar-refractivity contribution in [3.63, 3.8) is 0 Å². The highest BCUT2D eigenvalue weighted by Gasteiger charge is 2.26. The molecule has 0 unspecified atom stereocenters. The van der Waals surface area contributed by atoms with Crippen LogP contribution < -0.4 is 10.1 Å². The second-order valence-electron chi connectivity index (χ2n) is 8.04. The van der Waals surface area contributed by atoms with E-state index in [-0.39, 0.29) is 11.8 Å². The summed E-state index contributed by atoms with van der Waals surface area (Å²) < 4.78 is 7.20. The summed E-state index contributed by atoms with van der Waals surface area (Å²) in [5.41, 5.74) is 4.11. The van der Waals surface area contributed by atoms with Crippen molar-refractivity contribution in [3.05, 3.63) is 66.5 Å². The van der Waals surface area contributed by atoms with Crippen molar-refractivity contribution in [2.75, 3.05) is 25.5 Å². The van der Waals surface area contributed by atoms with Crippen molar-refractivity contribution in [2.24, 2.45) is 5.92 Å². The Labute approximate surface area is 183 Å². The number of aryl methyl sites for hydroxylation is 1. The molecular weight excluding hydrogens is 388 g/mol. The Hall–Kier alpha value is -3.12. The van der Waals surface area contributed by atoms with Gasteiger partial charge in [-0.3, -0.25) is 14.4 Å². The predicted molar refractivity (Wildman–Crippen MR) is 123 cm³/mol. The topological polar surface area (TPSA) is 59.4 Å². The molecule has 0 bridgehead atoms. The first-order valence-corrected chi connectivity index (χ1v) is 10.9. The van der Waals surface area contributed by atoms with E-state index >= 15 is 0 Å². The first-order chi connectivity index (χ1) is 15.2. The van der Waals surface area contributed by atoms with Gasteiger partial charge in [0.1, 0.15) is 5.75 Å². The van der Waals surface area contributed by atoms with Crippen LogP contribution in [0.3, 0.4) is 0 Å². The third-order valence-electron chi connectivity index (χ3n) is 5.88. The number of nitrogens with one attached hydrogen (secondary N) is 1. The Morgan fingerprint density at radius 3 is 2.74 bits per heavy atom. The van der Waals surface area contributed by atoms with Gasteiger partial charge in [0.15, 0.2) is 0 Å². The number of piperidine rings is 1. The number of anilines is 1. The van der Waals surface area contributed by atoms with Crippen LogP contribution in [0.5, 0.6) is 5.75 Å². The molecule has 1 aliphatic heterocycles. The van der Waals surface area contributed by atoms with E-state index in [1.165, 1.54) is 5.56 Å². The summed E-state index contributed by atoms with van der Waals surface area (Å²) in [6.07, 6.45) is 5.97. The molecule has 1 fully saturated rings. The van der Waals surface area contributed by atoms with E-state index in [4.69, 9.17) is 4.74 Å². The molecule has 6 heteroatoms. The molecule has 2 aromatic carbocycles. The number of methoxy groups -OCH3 is 1. The Balaban J connectivity index is 1.43. The Morgan fingerprint density at radius 2 is 2.00 bits per heavy atom. The molecule has 6 nitrogen and oxygen atoms in total. The van der Waals surface area contributed by atoms with Gasteiger partial charge in [-0.1, -0.05) is 30.3 Å². The molecule has 0 radical (unpaired) electrons. The first kappa shape index (κ1) is 21.1. The first-order valence-electron chi connectivity index (χ1n) is 10.9. The van der Waals surface area contributed by atoms with Crippen LogP contribution in [-0.2, 0) is 17.9 Å². The van der Waals surface area contributed by atoms with Gasteiger partial charge in [-0.15, -0.1) is 0 Å². The highest BCUT2D eigenvalue weighted by atomic mass is 16.5. The largest absolute Gasteiger partial charge is 0.497 e. The number of hydrogen-bond acceptors (Lipinski definition) is 4. The average molecular weight is 419 g/mol. The number of hydrogen-bond donors (Lipinski definition) is 1. The number of nitrogens with zero attached hydrogens (tertiary/aromatic N) is 3. The number of likely N-dealkylation sites (tertiary alicyclic amines) is 1. The minimum atomic E-state index is -0.0149. The van der Waals surface area contributed by atoms with Crippen LogP contribution in [0.25, 0.3) is 11.1 Å². The van der Waals surface area contributed by atoms with Gasteiger partial charge in [0, 0.05) is 42.6 Å². The maximum atomic E-state index is 13.1. The van der Waals surface area contributed by atoms with Gasteiger partial charge in [-0.2, -0.15) is 5.10 Å². The van der Waals surface area contributed by atoms with Gasteiger partial charge in [0.25, 0.3) is 0 Å². The summed E-state index contributed by atoms with van der Waals surface area (Å²) in [6.45, 7) is 5.59. The van der Waals surface area contributed by atoms with E-state index in [0.29, 0.717) is 0 Å². The van der Waals surface area contributed by atoms with Gasteiger partial charge >= 0.3 is 0 Å². The van der Waals surface area contributed by atoms with Crippen LogP contribution in [0.4, 0.5) is 5.69 Å². The number of carbonyl (C=O) groups is 1. The Bertz CT molecular complexity index is 1010. The van der Waals surface area contributed by atoms with E-state index < -0.39 is 0 Å². The van der Waals surface area contributed by atoms with Crippen LogP contribution in [0, 0.1) is 5.92 Å². The molecule has 162 valence electrons. The van der Waals surface area contributed by atoms with E-state index in [2.05, 4.69) is 28.4 Å². The van der Waals surface area contributed by atoms with Gasteiger partial charge in [0.05, 0.1) is 19.2 Å². The number of benzene rings is 2. The molecule has 3 aromatic rings. The van der Waals surface area contributed by atoms with Crippen molar-refractivity contribution in [1.82, 2.24) is 14.7 Å². The lowest BCUT2D eigenvalue weighted by Crippen LogP contribution is -2.40. The van der Waals surface area contributed by atoms with Crippen molar-refractivity contribution >= 4 is 11.6 Å². The molecule has 1 aliphatic rings. The zero-order valence-electron chi connectivity index (χ0n) is 18.3. The van der Waals surface area contributed by atoms with Crippen LogP contribution in [0.1, 0.15) is 25.3 Å². The van der Waals surface area contributed by atoms with Crippen LogP contribution in [-0.4, -0.2) is 40.8 Å². The normalized spacial score (nSPS) is 16.8. The number of para-hydroxylation sites is 1. The summed E-state index contributed by atoms with van der Waals surface area (Å²) >= 11 is 0. The molecule has 1 amide bonds. The highest BCUT2D eigenvalue weighted by Crippen LogP contribution is 2.30. The molecule has 1 N–H and O–H groups in total. The lowest BCUT2D eigenvalue weighted by molar-refractivity contribution is -0.121. The fourth-order valence-corrected chi connectivity index (χ4v) is 4.18. The fourth-order valence-electron chi connectivity index (χ4n) is 4.18. The monoisotopic (exact) mass is 418 g/mol. The smallest absolute Gasteiger partial charge is 0.228 e. The molecule has 1 atom stereocenters. The molecular formula is C25H30N4O2. The molecule has 31 heavy (non-hydrogen) atoms. The minimum absolute atomic E-state index is 0.0149. The average Bonchev–Trinajstić information content (AvgIpc) is 3.27. The minimum Gasteiger partial charge on any atom is -0.497 e. The zero-order chi connectivity index (χ0) is 21.6. The summed E-state index contributed by atoms with van der Waals surface area (Å²) in [6, 6.07) is 15.9. The van der Waals surface area contributed by atoms with Crippen molar-refractivity contribution < 1.29 is 9.53 Å². The Kier molecular flexibility index (Phi) is 6.67. The molecule has 2 heterocycles. The number of amides is 1. The summed E-state index contributed by atoms with van der Waals surface area (Å²) in [5.74, 6) is 0.894. The maximum Gasteiger partial charge on any atom is 0.228 e. The van der Waals surface area contributed by atoms with E-state index in [0.717, 1.165) is 61.6 Å². The van der Waals surface area contributed by atoms with Gasteiger partial charge in [-0.25, -0.2) is 0 Å². The van der Waals surface area contributed by atoms with Gasteiger partial charge < -0.3 is 10.1 Å². The molecule has 1 saturated heterocycles. The third kappa shape index (κ3) is 5.14. The van der Waals surface area contributed by atoms with E-state index in [1.54, 1.807) is 7.11 Å². The summed E-state index contributed by atoms with van der Waals surface area (Å²) in [7, 11) is 1.66. The predicted octanol–water partition coefficient (Wildman–Crippen LogP) is 4.43. The highest BCUT2D eigenvalue weighted by molar-refractivity contribution is 5.97. The summed E-state index contributed by atoms with van der Waals surface area (Å²) in [4.78, 5) is 15.5. The SMILES string of the molecule is CCn1cc(CN2CCC[C@@H](C(=O)Nc3ccccc3-c3ccc(OC)cc3)C2)cn1. The maximum absolute atomic E-state index is 13.1. The van der Waals surface area contributed by atoms with Gasteiger partial charge in [-0.05, 0) is 50.1 Å². The van der Waals surface area contributed by atoms with Crippen molar-refractivity contribution in [2.45, 2.75) is 32.9 Å². The standard InChI is InChI=1S/C25H30N4O2/c1-3-29-17-19(15-26-29)16-28-14-6-7-21(18-28)25(30)27-24-9-5-4-8-23(24)20-10-12-22(31-2)13-11-20/h4-5,8-13,15,17,21H,3,6-7,14,16,18H2,1-2H3,(H,27,30)/t21-/m1/s1. The van der Waals surface area contributed by atoms with Crippen LogP contribution in [0.15, 0.2) is 60.9 Å². The second kappa shape index (κ2) is 9.79.